The summed E-state index contributed by atoms with van der Waals surface area (Å²) in [6, 6.07) is 8.30. The molecule has 130 valence electrons. The Morgan fingerprint density at radius 1 is 1.28 bits per heavy atom. The molecule has 0 atom stereocenters. The van der Waals surface area contributed by atoms with Gasteiger partial charge in [0.15, 0.2) is 5.75 Å². The Hall–Kier alpha value is -2.80. The van der Waals surface area contributed by atoms with Gasteiger partial charge in [-0.2, -0.15) is 0 Å². The molecule has 0 saturated carbocycles. The highest BCUT2D eigenvalue weighted by Crippen LogP contribution is 2.13. The van der Waals surface area contributed by atoms with Gasteiger partial charge in [-0.25, -0.2) is 0 Å². The topological polar surface area (TPSA) is 91.5 Å². The Morgan fingerprint density at radius 2 is 2.12 bits per heavy atom. The highest BCUT2D eigenvalue weighted by molar-refractivity contribution is 6.30. The minimum absolute atomic E-state index is 0.0200. The van der Waals surface area contributed by atoms with Crippen molar-refractivity contribution in [1.29, 1.82) is 0 Å². The normalized spacial score (nSPS) is 14.1. The standard InChI is InChI=1S/C17H16ClN3O4/c18-12-3-1-2-11(6-12)10-25-15-8-20-13(7-14(15)22)17(24)21-5-4-19-16(23)9-21/h1-3,6-8H,4-5,9-10H2,(H,19,23)(H,20,22). The van der Waals surface area contributed by atoms with Crippen LogP contribution in [0.2, 0.25) is 5.02 Å². The largest absolute Gasteiger partial charge is 0.483 e. The highest BCUT2D eigenvalue weighted by Gasteiger charge is 2.23. The van der Waals surface area contributed by atoms with E-state index in [1.807, 2.05) is 6.07 Å². The molecular weight excluding hydrogens is 346 g/mol. The maximum atomic E-state index is 12.3. The molecule has 0 spiro atoms. The maximum Gasteiger partial charge on any atom is 0.270 e. The van der Waals surface area contributed by atoms with Crippen LogP contribution in [0.1, 0.15) is 16.1 Å². The Kier molecular flexibility index (Phi) is 5.04. The Balaban J connectivity index is 1.69. The van der Waals surface area contributed by atoms with Crippen molar-refractivity contribution in [3.05, 3.63) is 63.0 Å². The summed E-state index contributed by atoms with van der Waals surface area (Å²) in [4.78, 5) is 40.0. The van der Waals surface area contributed by atoms with Crippen LogP contribution in [0.25, 0.3) is 0 Å². The van der Waals surface area contributed by atoms with Gasteiger partial charge < -0.3 is 19.9 Å². The van der Waals surface area contributed by atoms with Gasteiger partial charge in [0.2, 0.25) is 11.3 Å². The average molecular weight is 362 g/mol. The first kappa shape index (κ1) is 17.0. The van der Waals surface area contributed by atoms with Crippen LogP contribution in [-0.2, 0) is 11.4 Å². The van der Waals surface area contributed by atoms with E-state index in [0.717, 1.165) is 5.56 Å². The lowest BCUT2D eigenvalue weighted by Gasteiger charge is -2.26. The Morgan fingerprint density at radius 3 is 2.84 bits per heavy atom. The molecule has 8 heteroatoms. The maximum absolute atomic E-state index is 12.3. The van der Waals surface area contributed by atoms with E-state index < -0.39 is 11.3 Å². The summed E-state index contributed by atoms with van der Waals surface area (Å²) in [7, 11) is 0. The smallest absolute Gasteiger partial charge is 0.270 e. The van der Waals surface area contributed by atoms with Crippen molar-refractivity contribution >= 4 is 23.4 Å². The second-order valence-electron chi connectivity index (χ2n) is 5.57. The van der Waals surface area contributed by atoms with Crippen LogP contribution < -0.4 is 15.5 Å². The Bertz CT molecular complexity index is 865. The summed E-state index contributed by atoms with van der Waals surface area (Å²) in [6.07, 6.45) is 1.35. The van der Waals surface area contributed by atoms with Crippen molar-refractivity contribution in [3.8, 4) is 5.75 Å². The summed E-state index contributed by atoms with van der Waals surface area (Å²) in [5.41, 5.74) is 0.534. The molecule has 1 aliphatic rings. The molecule has 2 N–H and O–H groups in total. The molecule has 3 rings (SSSR count). The van der Waals surface area contributed by atoms with Crippen LogP contribution in [0, 0.1) is 0 Å². The highest BCUT2D eigenvalue weighted by atomic mass is 35.5. The van der Waals surface area contributed by atoms with E-state index in [9.17, 15) is 14.4 Å². The number of hydrogen-bond donors (Lipinski definition) is 2. The molecule has 0 bridgehead atoms. The first-order valence-corrected chi connectivity index (χ1v) is 8.06. The number of rotatable bonds is 4. The van der Waals surface area contributed by atoms with Gasteiger partial charge in [-0.1, -0.05) is 23.7 Å². The van der Waals surface area contributed by atoms with Crippen LogP contribution in [0.3, 0.4) is 0 Å². The first-order chi connectivity index (χ1) is 12.0. The van der Waals surface area contributed by atoms with Gasteiger partial charge in [0.05, 0.1) is 6.54 Å². The molecule has 0 aliphatic carbocycles. The van der Waals surface area contributed by atoms with Gasteiger partial charge >= 0.3 is 0 Å². The lowest BCUT2D eigenvalue weighted by molar-refractivity contribution is -0.123. The molecule has 1 fully saturated rings. The number of pyridine rings is 1. The number of aromatic amines is 1. The van der Waals surface area contributed by atoms with Crippen molar-refractivity contribution < 1.29 is 14.3 Å². The van der Waals surface area contributed by atoms with Crippen molar-refractivity contribution in [2.45, 2.75) is 6.61 Å². The third kappa shape index (κ3) is 4.19. The number of benzene rings is 1. The predicted molar refractivity (Wildman–Crippen MR) is 91.8 cm³/mol. The molecule has 1 saturated heterocycles. The van der Waals surface area contributed by atoms with E-state index in [1.54, 1.807) is 18.2 Å². The Labute approximate surface area is 148 Å². The lowest BCUT2D eigenvalue weighted by atomic mass is 10.2. The second-order valence-corrected chi connectivity index (χ2v) is 6.01. The van der Waals surface area contributed by atoms with Gasteiger partial charge in [-0.15, -0.1) is 0 Å². The van der Waals surface area contributed by atoms with Gasteiger partial charge in [0.25, 0.3) is 5.91 Å². The number of nitrogens with zero attached hydrogens (tertiary/aromatic N) is 1. The van der Waals surface area contributed by atoms with E-state index in [4.69, 9.17) is 16.3 Å². The van der Waals surface area contributed by atoms with Crippen LogP contribution in [0.4, 0.5) is 0 Å². The van der Waals surface area contributed by atoms with E-state index in [1.165, 1.54) is 17.2 Å². The number of ether oxygens (including phenoxy) is 1. The molecule has 7 nitrogen and oxygen atoms in total. The lowest BCUT2D eigenvalue weighted by Crippen LogP contribution is -2.50. The number of piperazine rings is 1. The summed E-state index contributed by atoms with van der Waals surface area (Å²) in [5.74, 6) is -0.510. The molecule has 2 amide bonds. The zero-order chi connectivity index (χ0) is 17.8. The molecule has 1 aromatic heterocycles. The SMILES string of the molecule is O=C1CN(C(=O)c2cc(=O)c(OCc3cccc(Cl)c3)c[nH]2)CCN1. The summed E-state index contributed by atoms with van der Waals surface area (Å²) >= 11 is 5.90. The first-order valence-electron chi connectivity index (χ1n) is 7.69. The number of hydrogen-bond acceptors (Lipinski definition) is 4. The van der Waals surface area contributed by atoms with Crippen molar-refractivity contribution in [3.63, 3.8) is 0 Å². The van der Waals surface area contributed by atoms with Gasteiger partial charge in [-0.05, 0) is 17.7 Å². The van der Waals surface area contributed by atoms with Crippen LogP contribution in [-0.4, -0.2) is 41.3 Å². The van der Waals surface area contributed by atoms with Gasteiger partial charge in [0, 0.05) is 30.4 Å². The molecule has 1 aliphatic heterocycles. The minimum atomic E-state index is -0.411. The van der Waals surface area contributed by atoms with E-state index >= 15 is 0 Å². The molecule has 1 aromatic carbocycles. The summed E-state index contributed by atoms with van der Waals surface area (Å²) in [6.45, 7) is 0.965. The molecule has 0 unspecified atom stereocenters. The fraction of sp³-hybridized carbons (Fsp3) is 0.235. The quantitative estimate of drug-likeness (QED) is 0.855. The third-order valence-electron chi connectivity index (χ3n) is 3.72. The summed E-state index contributed by atoms with van der Waals surface area (Å²) < 4.78 is 5.48. The molecule has 25 heavy (non-hydrogen) atoms. The van der Waals surface area contributed by atoms with Crippen molar-refractivity contribution in [2.75, 3.05) is 19.6 Å². The van der Waals surface area contributed by atoms with Gasteiger partial charge in [0.1, 0.15) is 12.3 Å². The zero-order valence-electron chi connectivity index (χ0n) is 13.3. The number of nitrogens with one attached hydrogen (secondary N) is 2. The number of aromatic nitrogens is 1. The van der Waals surface area contributed by atoms with E-state index in [2.05, 4.69) is 10.3 Å². The third-order valence-corrected chi connectivity index (χ3v) is 3.95. The summed E-state index contributed by atoms with van der Waals surface area (Å²) in [5, 5.41) is 3.23. The zero-order valence-corrected chi connectivity index (χ0v) is 14.0. The minimum Gasteiger partial charge on any atom is -0.483 e. The van der Waals surface area contributed by atoms with Crippen molar-refractivity contribution in [1.82, 2.24) is 15.2 Å². The number of amides is 2. The van der Waals surface area contributed by atoms with E-state index in [0.29, 0.717) is 18.1 Å². The second kappa shape index (κ2) is 7.40. The molecule has 0 radical (unpaired) electrons. The molecule has 2 aromatic rings. The number of carbonyl (C=O) groups excluding carboxylic acids is 2. The molecule has 2 heterocycles. The monoisotopic (exact) mass is 361 g/mol. The fourth-order valence-electron chi connectivity index (χ4n) is 2.46. The van der Waals surface area contributed by atoms with Gasteiger partial charge in [-0.3, -0.25) is 14.4 Å². The van der Waals surface area contributed by atoms with E-state index in [-0.39, 0.29) is 30.5 Å². The van der Waals surface area contributed by atoms with Crippen LogP contribution >= 0.6 is 11.6 Å². The van der Waals surface area contributed by atoms with Crippen LogP contribution in [0.15, 0.2) is 41.3 Å². The van der Waals surface area contributed by atoms with Crippen molar-refractivity contribution in [2.24, 2.45) is 0 Å². The average Bonchev–Trinajstić information content (AvgIpc) is 2.60. The fourth-order valence-corrected chi connectivity index (χ4v) is 2.68. The number of H-pyrrole nitrogens is 1. The van der Waals surface area contributed by atoms with Crippen LogP contribution in [0.5, 0.6) is 5.75 Å². The predicted octanol–water partition coefficient (Wildman–Crippen LogP) is 1.18. The number of carbonyl (C=O) groups is 2. The number of halogens is 1. The molecular formula is C17H16ClN3O4.